The van der Waals surface area contributed by atoms with Crippen LogP contribution in [0.3, 0.4) is 0 Å². The van der Waals surface area contributed by atoms with Crippen LogP contribution >= 0.6 is 11.3 Å². The maximum atomic E-state index is 12.1. The number of thiazole rings is 1. The first-order valence-electron chi connectivity index (χ1n) is 8.04. The summed E-state index contributed by atoms with van der Waals surface area (Å²) in [6.45, 7) is 7.19. The fourth-order valence-electron chi connectivity index (χ4n) is 3.19. The molecule has 7 nitrogen and oxygen atoms in total. The van der Waals surface area contributed by atoms with Crippen LogP contribution in [0.5, 0.6) is 0 Å². The van der Waals surface area contributed by atoms with Crippen LogP contribution in [0.25, 0.3) is 0 Å². The van der Waals surface area contributed by atoms with Crippen molar-refractivity contribution < 1.29 is 14.6 Å². The minimum Gasteiger partial charge on any atom is -0.392 e. The molecule has 0 radical (unpaired) electrons. The summed E-state index contributed by atoms with van der Waals surface area (Å²) in [6, 6.07) is -0.335. The SMILES string of the molecule is CC1CN(Cc2csc(NC(=O)C3CC(O)CN3)n2)CC(C)O1. The Labute approximate surface area is 140 Å². The van der Waals surface area contributed by atoms with Gasteiger partial charge in [0, 0.05) is 31.6 Å². The largest absolute Gasteiger partial charge is 0.392 e. The van der Waals surface area contributed by atoms with Crippen molar-refractivity contribution in [1.82, 2.24) is 15.2 Å². The van der Waals surface area contributed by atoms with Gasteiger partial charge in [0.15, 0.2) is 5.13 Å². The number of aliphatic hydroxyl groups excluding tert-OH is 1. The summed E-state index contributed by atoms with van der Waals surface area (Å²) in [6.07, 6.45) is 0.476. The normalized spacial score (nSPS) is 32.1. The second kappa shape index (κ2) is 7.23. The van der Waals surface area contributed by atoms with E-state index in [0.29, 0.717) is 18.1 Å². The van der Waals surface area contributed by atoms with Crippen molar-refractivity contribution in [3.63, 3.8) is 0 Å². The zero-order valence-electron chi connectivity index (χ0n) is 13.5. The number of nitrogens with one attached hydrogen (secondary N) is 2. The molecule has 1 amide bonds. The van der Waals surface area contributed by atoms with Gasteiger partial charge in [0.05, 0.1) is 30.0 Å². The number of nitrogens with zero attached hydrogens (tertiary/aromatic N) is 2. The quantitative estimate of drug-likeness (QED) is 0.736. The van der Waals surface area contributed by atoms with Crippen LogP contribution in [0.2, 0.25) is 0 Å². The molecule has 0 aromatic carbocycles. The molecule has 2 aliphatic rings. The molecular formula is C15H24N4O3S. The highest BCUT2D eigenvalue weighted by Gasteiger charge is 2.28. The predicted octanol–water partition coefficient (Wildman–Crippen LogP) is 0.414. The molecule has 2 saturated heterocycles. The van der Waals surface area contributed by atoms with Crippen molar-refractivity contribution in [2.24, 2.45) is 0 Å². The molecule has 8 heteroatoms. The lowest BCUT2D eigenvalue weighted by molar-refractivity contribution is -0.117. The molecule has 128 valence electrons. The average molecular weight is 340 g/mol. The van der Waals surface area contributed by atoms with E-state index in [1.165, 1.54) is 11.3 Å². The first-order valence-corrected chi connectivity index (χ1v) is 8.92. The zero-order valence-corrected chi connectivity index (χ0v) is 14.3. The topological polar surface area (TPSA) is 86.7 Å². The molecule has 4 atom stereocenters. The van der Waals surface area contributed by atoms with Crippen molar-refractivity contribution in [3.8, 4) is 0 Å². The van der Waals surface area contributed by atoms with Gasteiger partial charge in [-0.2, -0.15) is 0 Å². The fraction of sp³-hybridized carbons (Fsp3) is 0.733. The van der Waals surface area contributed by atoms with Crippen molar-refractivity contribution in [1.29, 1.82) is 0 Å². The molecule has 2 fully saturated rings. The van der Waals surface area contributed by atoms with Crippen LogP contribution < -0.4 is 10.6 Å². The number of ether oxygens (including phenoxy) is 1. The maximum Gasteiger partial charge on any atom is 0.243 e. The van der Waals surface area contributed by atoms with Gasteiger partial charge in [-0.15, -0.1) is 11.3 Å². The number of anilines is 1. The third kappa shape index (κ3) is 4.48. The Morgan fingerprint density at radius 1 is 1.52 bits per heavy atom. The highest BCUT2D eigenvalue weighted by molar-refractivity contribution is 7.13. The molecule has 0 spiro atoms. The first kappa shape index (κ1) is 16.8. The summed E-state index contributed by atoms with van der Waals surface area (Å²) in [5, 5.41) is 17.9. The molecule has 2 aliphatic heterocycles. The van der Waals surface area contributed by atoms with Gasteiger partial charge in [-0.1, -0.05) is 0 Å². The Kier molecular flexibility index (Phi) is 5.27. The number of amides is 1. The second-order valence-electron chi connectivity index (χ2n) is 6.44. The number of aromatic nitrogens is 1. The van der Waals surface area contributed by atoms with E-state index in [2.05, 4.69) is 34.4 Å². The van der Waals surface area contributed by atoms with Crippen molar-refractivity contribution in [2.45, 2.75) is 51.2 Å². The molecule has 4 unspecified atom stereocenters. The molecule has 0 bridgehead atoms. The van der Waals surface area contributed by atoms with E-state index in [0.717, 1.165) is 25.3 Å². The van der Waals surface area contributed by atoms with Gasteiger partial charge in [-0.05, 0) is 20.3 Å². The van der Waals surface area contributed by atoms with Crippen molar-refractivity contribution in [2.75, 3.05) is 25.0 Å². The summed E-state index contributed by atoms with van der Waals surface area (Å²) >= 11 is 1.44. The number of carbonyl (C=O) groups excluding carboxylic acids is 1. The third-order valence-electron chi connectivity index (χ3n) is 4.09. The summed E-state index contributed by atoms with van der Waals surface area (Å²) in [4.78, 5) is 18.9. The molecular weight excluding hydrogens is 316 g/mol. The van der Waals surface area contributed by atoms with Crippen molar-refractivity contribution in [3.05, 3.63) is 11.1 Å². The summed E-state index contributed by atoms with van der Waals surface area (Å²) in [5.41, 5.74) is 0.964. The highest BCUT2D eigenvalue weighted by atomic mass is 32.1. The van der Waals surface area contributed by atoms with Gasteiger partial charge in [0.25, 0.3) is 0 Å². The van der Waals surface area contributed by atoms with E-state index in [1.54, 1.807) is 0 Å². The highest BCUT2D eigenvalue weighted by Crippen LogP contribution is 2.20. The van der Waals surface area contributed by atoms with Gasteiger partial charge in [0.1, 0.15) is 0 Å². The van der Waals surface area contributed by atoms with Crippen molar-refractivity contribution >= 4 is 22.4 Å². The zero-order chi connectivity index (χ0) is 16.4. The Bertz CT molecular complexity index is 543. The van der Waals surface area contributed by atoms with E-state index >= 15 is 0 Å². The first-order chi connectivity index (χ1) is 11.0. The van der Waals surface area contributed by atoms with Gasteiger partial charge >= 0.3 is 0 Å². The summed E-state index contributed by atoms with van der Waals surface area (Å²) < 4.78 is 5.73. The molecule has 0 saturated carbocycles. The Morgan fingerprint density at radius 2 is 2.26 bits per heavy atom. The second-order valence-corrected chi connectivity index (χ2v) is 7.29. The number of hydrogen-bond acceptors (Lipinski definition) is 7. The van der Waals surface area contributed by atoms with E-state index < -0.39 is 6.10 Å². The number of morpholine rings is 1. The smallest absolute Gasteiger partial charge is 0.243 e. The minimum absolute atomic E-state index is 0.129. The van der Waals surface area contributed by atoms with Crippen LogP contribution in [0, 0.1) is 0 Å². The lowest BCUT2D eigenvalue weighted by atomic mass is 10.2. The van der Waals surface area contributed by atoms with Crippen LogP contribution in [-0.4, -0.2) is 64.9 Å². The van der Waals surface area contributed by atoms with E-state index in [9.17, 15) is 9.90 Å². The number of aliphatic hydroxyl groups is 1. The Morgan fingerprint density at radius 3 is 2.91 bits per heavy atom. The number of rotatable bonds is 4. The van der Waals surface area contributed by atoms with Gasteiger partial charge in [-0.3, -0.25) is 9.69 Å². The molecule has 3 rings (SSSR count). The predicted molar refractivity (Wildman–Crippen MR) is 88.4 cm³/mol. The van der Waals surface area contributed by atoms with Crippen LogP contribution in [0.15, 0.2) is 5.38 Å². The summed E-state index contributed by atoms with van der Waals surface area (Å²) in [5.74, 6) is -0.129. The lowest BCUT2D eigenvalue weighted by Crippen LogP contribution is -2.44. The van der Waals surface area contributed by atoms with Crippen LogP contribution in [0.4, 0.5) is 5.13 Å². The van der Waals surface area contributed by atoms with E-state index in [4.69, 9.17) is 4.74 Å². The number of hydrogen-bond donors (Lipinski definition) is 3. The van der Waals surface area contributed by atoms with Gasteiger partial charge in [0.2, 0.25) is 5.91 Å². The van der Waals surface area contributed by atoms with Gasteiger partial charge in [-0.25, -0.2) is 4.98 Å². The maximum absolute atomic E-state index is 12.1. The molecule has 0 aliphatic carbocycles. The number of carbonyl (C=O) groups is 1. The van der Waals surface area contributed by atoms with Gasteiger partial charge < -0.3 is 20.5 Å². The van der Waals surface area contributed by atoms with E-state index in [-0.39, 0.29) is 24.2 Å². The Balaban J connectivity index is 1.52. The lowest BCUT2D eigenvalue weighted by Gasteiger charge is -2.34. The molecule has 1 aromatic heterocycles. The molecule has 3 N–H and O–H groups in total. The van der Waals surface area contributed by atoms with Crippen LogP contribution in [0.1, 0.15) is 26.0 Å². The van der Waals surface area contributed by atoms with Crippen LogP contribution in [-0.2, 0) is 16.1 Å². The third-order valence-corrected chi connectivity index (χ3v) is 4.89. The number of β-amino-alcohol motifs (C(OH)–C–C–N with tert-alkyl or cyclic N) is 1. The molecule has 3 heterocycles. The summed E-state index contributed by atoms with van der Waals surface area (Å²) in [7, 11) is 0. The standard InChI is InChI=1S/C15H24N4O3S/c1-9-5-19(6-10(2)22-9)7-11-8-23-15(17-11)18-14(21)13-3-12(20)4-16-13/h8-10,12-13,16,20H,3-7H2,1-2H3,(H,17,18,21). The monoisotopic (exact) mass is 340 g/mol. The average Bonchev–Trinajstić information content (AvgIpc) is 3.07. The molecule has 23 heavy (non-hydrogen) atoms. The molecule has 1 aromatic rings. The fourth-order valence-corrected chi connectivity index (χ4v) is 3.89. The Hall–Kier alpha value is -1.06. The van der Waals surface area contributed by atoms with E-state index in [1.807, 2.05) is 5.38 Å². The minimum atomic E-state index is -0.442.